The topological polar surface area (TPSA) is 132 Å². The Kier molecular flexibility index (Phi) is 9.48. The Labute approximate surface area is 239 Å². The second-order valence-corrected chi connectivity index (χ2v) is 10.5. The molecule has 0 N–H and O–H groups in total. The van der Waals surface area contributed by atoms with E-state index in [0.717, 1.165) is 23.9 Å². The largest absolute Gasteiger partial charge is 0.463 e. The van der Waals surface area contributed by atoms with Gasteiger partial charge >= 0.3 is 17.9 Å². The first-order valence-electron chi connectivity index (χ1n) is 11.8. The van der Waals surface area contributed by atoms with Crippen LogP contribution >= 0.6 is 27.7 Å². The number of thioether (sulfide) groups is 1. The van der Waals surface area contributed by atoms with Gasteiger partial charge in [-0.25, -0.2) is 18.4 Å². The van der Waals surface area contributed by atoms with Gasteiger partial charge in [-0.3, -0.25) is 14.4 Å². The van der Waals surface area contributed by atoms with Crippen molar-refractivity contribution in [1.29, 1.82) is 0 Å². The summed E-state index contributed by atoms with van der Waals surface area (Å²) >= 11 is 4.55. The maximum absolute atomic E-state index is 13.9. The van der Waals surface area contributed by atoms with Crippen LogP contribution in [0.4, 0.5) is 8.78 Å². The van der Waals surface area contributed by atoms with E-state index in [4.69, 9.17) is 18.9 Å². The molecule has 15 heteroatoms. The van der Waals surface area contributed by atoms with E-state index in [2.05, 4.69) is 31.2 Å². The molecule has 0 radical (unpaired) electrons. The van der Waals surface area contributed by atoms with Crippen molar-refractivity contribution in [2.45, 2.75) is 55.5 Å². The molecular formula is C25H23BrF2N4O7S. The molecule has 1 aromatic carbocycles. The van der Waals surface area contributed by atoms with Gasteiger partial charge in [-0.15, -0.1) is 5.10 Å². The van der Waals surface area contributed by atoms with E-state index in [1.807, 2.05) is 0 Å². The Balaban J connectivity index is 1.81. The summed E-state index contributed by atoms with van der Waals surface area (Å²) in [5, 5.41) is 8.22. The van der Waals surface area contributed by atoms with E-state index < -0.39 is 59.3 Å². The molecule has 1 saturated heterocycles. The number of carbonyl (C=O) groups is 3. The van der Waals surface area contributed by atoms with Crippen molar-refractivity contribution in [3.63, 3.8) is 0 Å². The average Bonchev–Trinajstić information content (AvgIpc) is 3.37. The summed E-state index contributed by atoms with van der Waals surface area (Å²) in [6.07, 6.45) is -0.312. The third kappa shape index (κ3) is 7.01. The average molecular weight is 641 g/mol. The number of hydrogen-bond acceptors (Lipinski definition) is 11. The van der Waals surface area contributed by atoms with Gasteiger partial charge in [-0.05, 0) is 46.3 Å². The van der Waals surface area contributed by atoms with Crippen LogP contribution in [0.5, 0.6) is 0 Å². The number of esters is 3. The molecule has 11 nitrogen and oxygen atoms in total. The van der Waals surface area contributed by atoms with Gasteiger partial charge in [0.2, 0.25) is 0 Å². The molecule has 1 fully saturated rings. The SMILES string of the molecule is CC(=O)OC[C@H]1O[C@H](Sc2cccnc2Br)[C@H](OC(C)=O)[C@@H](n2cc(-c3ccc(F)c(F)c3)nn2)[C@H]1OC(C)=O. The molecule has 5 atom stereocenters. The summed E-state index contributed by atoms with van der Waals surface area (Å²) in [5.74, 6) is -4.04. The Morgan fingerprint density at radius 1 is 1.05 bits per heavy atom. The van der Waals surface area contributed by atoms with Crippen molar-refractivity contribution in [3.05, 3.63) is 59.0 Å². The second kappa shape index (κ2) is 12.8. The van der Waals surface area contributed by atoms with Crippen LogP contribution in [-0.2, 0) is 33.3 Å². The zero-order valence-electron chi connectivity index (χ0n) is 21.3. The third-order valence-corrected chi connectivity index (χ3v) is 7.76. The number of rotatable bonds is 8. The highest BCUT2D eigenvalue weighted by atomic mass is 79.9. The third-order valence-electron chi connectivity index (χ3n) is 5.67. The number of ether oxygens (including phenoxy) is 4. The van der Waals surface area contributed by atoms with Crippen molar-refractivity contribution in [3.8, 4) is 11.3 Å². The molecule has 2 aromatic heterocycles. The zero-order valence-corrected chi connectivity index (χ0v) is 23.7. The monoisotopic (exact) mass is 640 g/mol. The van der Waals surface area contributed by atoms with Crippen molar-refractivity contribution in [1.82, 2.24) is 20.0 Å². The van der Waals surface area contributed by atoms with Crippen molar-refractivity contribution in [2.24, 2.45) is 0 Å². The Hall–Kier alpha value is -3.43. The van der Waals surface area contributed by atoms with Gasteiger partial charge in [0.25, 0.3) is 0 Å². The number of carbonyl (C=O) groups excluding carboxylic acids is 3. The molecule has 3 aromatic rings. The van der Waals surface area contributed by atoms with Gasteiger partial charge in [0, 0.05) is 37.4 Å². The molecule has 1 aliphatic rings. The van der Waals surface area contributed by atoms with Crippen molar-refractivity contribution in [2.75, 3.05) is 6.61 Å². The first kappa shape index (κ1) is 29.6. The summed E-state index contributed by atoms with van der Waals surface area (Å²) in [4.78, 5) is 40.9. The molecule has 0 spiro atoms. The molecule has 0 bridgehead atoms. The first-order valence-corrected chi connectivity index (χ1v) is 13.5. The van der Waals surface area contributed by atoms with E-state index in [0.29, 0.717) is 9.50 Å². The van der Waals surface area contributed by atoms with Crippen LogP contribution in [0.2, 0.25) is 0 Å². The summed E-state index contributed by atoms with van der Waals surface area (Å²) in [6.45, 7) is 3.31. The van der Waals surface area contributed by atoms with Crippen LogP contribution in [0.15, 0.2) is 52.2 Å². The Morgan fingerprint density at radius 3 is 2.42 bits per heavy atom. The molecule has 0 aliphatic carbocycles. The Morgan fingerprint density at radius 2 is 1.77 bits per heavy atom. The quantitative estimate of drug-likeness (QED) is 0.202. The molecule has 0 amide bonds. The van der Waals surface area contributed by atoms with Gasteiger partial charge in [0.15, 0.2) is 23.8 Å². The van der Waals surface area contributed by atoms with Gasteiger partial charge in [-0.1, -0.05) is 17.0 Å². The number of hydrogen-bond donors (Lipinski definition) is 0. The van der Waals surface area contributed by atoms with E-state index in [1.165, 1.54) is 37.7 Å². The summed E-state index contributed by atoms with van der Waals surface area (Å²) < 4.78 is 52.0. The molecule has 4 rings (SSSR count). The number of aromatic nitrogens is 4. The predicted molar refractivity (Wildman–Crippen MR) is 139 cm³/mol. The fourth-order valence-electron chi connectivity index (χ4n) is 4.07. The zero-order chi connectivity index (χ0) is 29.0. The van der Waals surface area contributed by atoms with E-state index in [-0.39, 0.29) is 17.9 Å². The van der Waals surface area contributed by atoms with Crippen molar-refractivity contribution < 1.29 is 42.1 Å². The summed E-state index contributed by atoms with van der Waals surface area (Å²) in [6, 6.07) is 5.67. The number of benzene rings is 1. The highest BCUT2D eigenvalue weighted by Gasteiger charge is 2.52. The lowest BCUT2D eigenvalue weighted by Crippen LogP contribution is -2.57. The maximum atomic E-state index is 13.9. The number of nitrogens with zero attached hydrogens (tertiary/aromatic N) is 4. The highest BCUT2D eigenvalue weighted by molar-refractivity contribution is 9.10. The maximum Gasteiger partial charge on any atom is 0.303 e. The molecular weight excluding hydrogens is 618 g/mol. The molecule has 212 valence electrons. The fraction of sp³-hybridized carbons (Fsp3) is 0.360. The standard InChI is InChI=1S/C25H23BrF2N4O7S/c1-12(33)36-11-19-22(37-13(2)34)21(32-10-18(30-31-32)15-6-7-16(27)17(28)9-15)23(38-14(3)35)25(39-19)40-20-5-4-8-29-24(20)26/h4-10,19,21-23,25H,11H2,1-3H3/t19-,21+,22+,23-,25-/m1/s1. The van der Waals surface area contributed by atoms with Gasteiger partial charge < -0.3 is 18.9 Å². The molecule has 40 heavy (non-hydrogen) atoms. The van der Waals surface area contributed by atoms with Crippen LogP contribution < -0.4 is 0 Å². The number of halogens is 3. The normalized spacial score (nSPS) is 22.4. The minimum Gasteiger partial charge on any atom is -0.463 e. The number of pyridine rings is 1. The minimum absolute atomic E-state index is 0.171. The van der Waals surface area contributed by atoms with Gasteiger partial charge in [-0.2, -0.15) is 0 Å². The lowest BCUT2D eigenvalue weighted by Gasteiger charge is -2.44. The van der Waals surface area contributed by atoms with Gasteiger partial charge in [0.05, 0.1) is 6.20 Å². The van der Waals surface area contributed by atoms with Crippen LogP contribution in [0.1, 0.15) is 26.8 Å². The smallest absolute Gasteiger partial charge is 0.303 e. The lowest BCUT2D eigenvalue weighted by atomic mass is 9.96. The van der Waals surface area contributed by atoms with Gasteiger partial charge in [0.1, 0.15) is 34.5 Å². The first-order chi connectivity index (χ1) is 19.0. The van der Waals surface area contributed by atoms with Crippen LogP contribution in [0.25, 0.3) is 11.3 Å². The minimum atomic E-state index is -1.17. The molecule has 0 unspecified atom stereocenters. The molecule has 3 heterocycles. The molecule has 0 saturated carbocycles. The lowest BCUT2D eigenvalue weighted by molar-refractivity contribution is -0.212. The molecule has 1 aliphatic heterocycles. The van der Waals surface area contributed by atoms with Crippen LogP contribution in [0, 0.1) is 11.6 Å². The second-order valence-electron chi connectivity index (χ2n) is 8.61. The van der Waals surface area contributed by atoms with Crippen LogP contribution in [-0.4, -0.2) is 68.2 Å². The highest BCUT2D eigenvalue weighted by Crippen LogP contribution is 2.42. The summed E-state index contributed by atoms with van der Waals surface area (Å²) in [7, 11) is 0. The predicted octanol–water partition coefficient (Wildman–Crippen LogP) is 3.87. The van der Waals surface area contributed by atoms with E-state index in [9.17, 15) is 23.2 Å². The summed E-state index contributed by atoms with van der Waals surface area (Å²) in [5.41, 5.74) is -0.533. The van der Waals surface area contributed by atoms with E-state index in [1.54, 1.807) is 18.3 Å². The van der Waals surface area contributed by atoms with E-state index >= 15 is 0 Å². The van der Waals surface area contributed by atoms with Crippen LogP contribution in [0.3, 0.4) is 0 Å². The Bertz CT molecular complexity index is 1410. The fourth-order valence-corrected chi connectivity index (χ4v) is 5.71. The van der Waals surface area contributed by atoms with Crippen molar-refractivity contribution >= 4 is 45.6 Å².